The number of fused-ring (bicyclic) bond motifs is 2. The lowest BCUT2D eigenvalue weighted by Crippen LogP contribution is -2.39. The molecule has 3 amide bonds. The molecule has 26 heavy (non-hydrogen) atoms. The highest BCUT2D eigenvalue weighted by Crippen LogP contribution is 2.76. The van der Waals surface area contributed by atoms with E-state index in [2.05, 4.69) is 16.7 Å². The van der Waals surface area contributed by atoms with E-state index in [0.717, 1.165) is 48.3 Å². The van der Waals surface area contributed by atoms with Gasteiger partial charge in [-0.3, -0.25) is 4.79 Å². The number of hydrogen-bond acceptors (Lipinski definition) is 2. The second-order valence-corrected chi connectivity index (χ2v) is 7.63. The summed E-state index contributed by atoms with van der Waals surface area (Å²) >= 11 is 0. The van der Waals surface area contributed by atoms with Crippen LogP contribution in [0.5, 0.6) is 0 Å². The molecular weight excluding hydrogens is 326 g/mol. The molecule has 0 radical (unpaired) electrons. The molecule has 0 spiro atoms. The van der Waals surface area contributed by atoms with Gasteiger partial charge in [-0.2, -0.15) is 0 Å². The maximum absolute atomic E-state index is 12.6. The van der Waals surface area contributed by atoms with E-state index in [9.17, 15) is 9.59 Å². The molecule has 0 aromatic heterocycles. The largest absolute Gasteiger partial charge is 0.338 e. The van der Waals surface area contributed by atoms with Gasteiger partial charge < -0.3 is 15.5 Å². The molecule has 2 aromatic carbocycles. The van der Waals surface area contributed by atoms with E-state index < -0.39 is 0 Å². The van der Waals surface area contributed by atoms with E-state index in [0.29, 0.717) is 18.4 Å². The summed E-state index contributed by atoms with van der Waals surface area (Å²) in [6, 6.07) is 15.1. The Morgan fingerprint density at radius 3 is 2.50 bits per heavy atom. The van der Waals surface area contributed by atoms with E-state index in [4.69, 9.17) is 0 Å². The molecular formula is C21H21N3O2. The van der Waals surface area contributed by atoms with Gasteiger partial charge in [-0.05, 0) is 54.5 Å². The first-order valence-corrected chi connectivity index (χ1v) is 9.19. The van der Waals surface area contributed by atoms with Crippen LogP contribution in [0.1, 0.15) is 24.0 Å². The molecule has 1 heterocycles. The van der Waals surface area contributed by atoms with Crippen molar-refractivity contribution in [3.63, 3.8) is 0 Å². The van der Waals surface area contributed by atoms with Gasteiger partial charge >= 0.3 is 6.03 Å². The minimum atomic E-state index is -0.249. The summed E-state index contributed by atoms with van der Waals surface area (Å²) in [4.78, 5) is 26.9. The summed E-state index contributed by atoms with van der Waals surface area (Å²) in [5.41, 5.74) is 3.89. The van der Waals surface area contributed by atoms with Crippen molar-refractivity contribution in [2.24, 2.45) is 11.3 Å². The topological polar surface area (TPSA) is 61.4 Å². The molecule has 2 aliphatic carbocycles. The first kappa shape index (κ1) is 15.4. The van der Waals surface area contributed by atoms with Gasteiger partial charge in [-0.1, -0.05) is 30.3 Å². The Labute approximate surface area is 152 Å². The van der Waals surface area contributed by atoms with Crippen molar-refractivity contribution in [2.75, 3.05) is 17.2 Å². The summed E-state index contributed by atoms with van der Waals surface area (Å²) in [5, 5.41) is 5.80. The lowest BCUT2D eigenvalue weighted by atomic mass is 9.97. The molecule has 0 atom stereocenters. The summed E-state index contributed by atoms with van der Waals surface area (Å²) < 4.78 is 0. The van der Waals surface area contributed by atoms with Crippen molar-refractivity contribution in [2.45, 2.75) is 25.8 Å². The number of amides is 3. The molecule has 2 aromatic rings. The molecule has 2 fully saturated rings. The Bertz CT molecular complexity index is 887. The number of carbonyl (C=O) groups excluding carboxylic acids is 2. The summed E-state index contributed by atoms with van der Waals surface area (Å²) in [5.74, 6) is 1.01. The quantitative estimate of drug-likeness (QED) is 0.891. The van der Waals surface area contributed by atoms with E-state index in [1.165, 1.54) is 0 Å². The number of nitrogens with zero attached hydrogens (tertiary/aromatic N) is 1. The van der Waals surface area contributed by atoms with E-state index in [1.54, 1.807) is 0 Å². The fourth-order valence-electron chi connectivity index (χ4n) is 4.07. The van der Waals surface area contributed by atoms with Crippen molar-refractivity contribution in [3.8, 4) is 0 Å². The van der Waals surface area contributed by atoms with Crippen LogP contribution in [0.2, 0.25) is 0 Å². The maximum atomic E-state index is 12.6. The summed E-state index contributed by atoms with van der Waals surface area (Å²) in [7, 11) is 0. The smallest absolute Gasteiger partial charge is 0.323 e. The fourth-order valence-corrected chi connectivity index (χ4v) is 4.07. The third-order valence-corrected chi connectivity index (χ3v) is 5.94. The van der Waals surface area contributed by atoms with E-state index in [-0.39, 0.29) is 11.4 Å². The van der Waals surface area contributed by atoms with E-state index >= 15 is 0 Å². The monoisotopic (exact) mass is 347 g/mol. The molecule has 0 bridgehead atoms. The number of para-hydroxylation sites is 1. The van der Waals surface area contributed by atoms with Crippen molar-refractivity contribution < 1.29 is 9.59 Å². The van der Waals surface area contributed by atoms with Crippen LogP contribution in [0.15, 0.2) is 48.5 Å². The number of hydrogen-bond donors (Lipinski definition) is 2. The number of benzene rings is 2. The molecule has 5 heteroatoms. The Hall–Kier alpha value is -2.82. The molecule has 3 aliphatic rings. The second-order valence-electron chi connectivity index (χ2n) is 7.63. The van der Waals surface area contributed by atoms with E-state index in [1.807, 2.05) is 47.4 Å². The number of rotatable bonds is 3. The lowest BCUT2D eigenvalue weighted by molar-refractivity contribution is -0.135. The highest BCUT2D eigenvalue weighted by atomic mass is 16.2. The average molecular weight is 347 g/mol. The number of carbonyl (C=O) groups is 2. The normalized spacial score (nSPS) is 24.9. The third-order valence-electron chi connectivity index (χ3n) is 5.94. The Kier molecular flexibility index (Phi) is 3.32. The number of nitrogens with one attached hydrogen (secondary N) is 2. The van der Waals surface area contributed by atoms with Crippen LogP contribution in [0.4, 0.5) is 16.2 Å². The first-order valence-electron chi connectivity index (χ1n) is 9.19. The van der Waals surface area contributed by atoms with Crippen molar-refractivity contribution >= 4 is 23.3 Å². The van der Waals surface area contributed by atoms with Crippen molar-refractivity contribution in [1.29, 1.82) is 0 Å². The number of urea groups is 1. The molecule has 0 unspecified atom stereocenters. The molecule has 2 N–H and O–H groups in total. The highest BCUT2D eigenvalue weighted by Gasteiger charge is 2.75. The van der Waals surface area contributed by atoms with Crippen LogP contribution in [-0.4, -0.2) is 23.4 Å². The van der Waals surface area contributed by atoms with Crippen LogP contribution in [0, 0.1) is 11.3 Å². The molecule has 5 rings (SSSR count). The second kappa shape index (κ2) is 5.59. The van der Waals surface area contributed by atoms with Crippen molar-refractivity contribution in [3.05, 3.63) is 59.7 Å². The zero-order valence-electron chi connectivity index (χ0n) is 14.5. The van der Waals surface area contributed by atoms with Gasteiger partial charge in [0.05, 0.1) is 5.41 Å². The standard InChI is InChI=1S/C21H21N3O2/c25-19(21-11-15(21)12-21)24-10-9-17-14(13-24)5-4-8-18(17)23-20(26)22-16-6-2-1-3-7-16/h1-8,15H,9-13H2,(H2,22,23,26). The molecule has 132 valence electrons. The van der Waals surface area contributed by atoms with Crippen LogP contribution in [0.3, 0.4) is 0 Å². The zero-order chi connectivity index (χ0) is 17.7. The van der Waals surface area contributed by atoms with Crippen LogP contribution < -0.4 is 10.6 Å². The molecule has 0 saturated heterocycles. The van der Waals surface area contributed by atoms with Crippen LogP contribution in [-0.2, 0) is 17.8 Å². The minimum absolute atomic E-state index is 0.0307. The third kappa shape index (κ3) is 2.55. The van der Waals surface area contributed by atoms with Crippen LogP contribution >= 0.6 is 0 Å². The van der Waals surface area contributed by atoms with Gasteiger partial charge in [0.15, 0.2) is 0 Å². The van der Waals surface area contributed by atoms with Crippen molar-refractivity contribution in [1.82, 2.24) is 4.90 Å². The summed E-state index contributed by atoms with van der Waals surface area (Å²) in [6.07, 6.45) is 2.97. The van der Waals surface area contributed by atoms with Gasteiger partial charge in [0.1, 0.15) is 0 Å². The molecule has 5 nitrogen and oxygen atoms in total. The minimum Gasteiger partial charge on any atom is -0.338 e. The fraction of sp³-hybridized carbons (Fsp3) is 0.333. The Morgan fingerprint density at radius 1 is 1.00 bits per heavy atom. The zero-order valence-corrected chi connectivity index (χ0v) is 14.5. The van der Waals surface area contributed by atoms with Gasteiger partial charge in [-0.15, -0.1) is 0 Å². The van der Waals surface area contributed by atoms with Crippen LogP contribution in [0.25, 0.3) is 0 Å². The van der Waals surface area contributed by atoms with Gasteiger partial charge in [-0.25, -0.2) is 4.79 Å². The first-order chi connectivity index (χ1) is 12.7. The van der Waals surface area contributed by atoms with Gasteiger partial charge in [0.2, 0.25) is 5.91 Å². The SMILES string of the molecule is O=C(Nc1ccccc1)Nc1cccc2c1CCN(C(=O)C13CC1C3)C2. The Morgan fingerprint density at radius 2 is 1.77 bits per heavy atom. The predicted octanol–water partition coefficient (Wildman–Crippen LogP) is 3.63. The van der Waals surface area contributed by atoms with Gasteiger partial charge in [0.25, 0.3) is 0 Å². The Balaban J connectivity index is 1.29. The number of anilines is 2. The van der Waals surface area contributed by atoms with Gasteiger partial charge in [0, 0.05) is 24.5 Å². The molecule has 1 aliphatic heterocycles. The molecule has 2 saturated carbocycles. The lowest BCUT2D eigenvalue weighted by Gasteiger charge is -2.31. The predicted molar refractivity (Wildman–Crippen MR) is 99.8 cm³/mol. The maximum Gasteiger partial charge on any atom is 0.323 e. The summed E-state index contributed by atoms with van der Waals surface area (Å²) in [6.45, 7) is 1.39. The average Bonchev–Trinajstić information content (AvgIpc) is 3.52. The highest BCUT2D eigenvalue weighted by molar-refractivity contribution is 6.00.